The summed E-state index contributed by atoms with van der Waals surface area (Å²) < 4.78 is 0. The minimum absolute atomic E-state index is 0.468. The van der Waals surface area contributed by atoms with Crippen molar-refractivity contribution in [2.45, 2.75) is 44.2 Å². The number of aliphatic carboxylic acids is 2. The zero-order valence-electron chi connectivity index (χ0n) is 13.2. The number of halogens is 1. The van der Waals surface area contributed by atoms with Gasteiger partial charge in [-0.25, -0.2) is 9.59 Å². The first-order valence-corrected chi connectivity index (χ1v) is 7.92. The number of carboxylic acid groups (broad SMARTS) is 2. The molecular formula is C15H21ClN2O5. The molecule has 0 aromatic heterocycles. The summed E-state index contributed by atoms with van der Waals surface area (Å²) in [7, 11) is 3.84. The van der Waals surface area contributed by atoms with Gasteiger partial charge in [0.25, 0.3) is 0 Å². The molecular weight excluding hydrogens is 324 g/mol. The van der Waals surface area contributed by atoms with Gasteiger partial charge in [-0.2, -0.15) is 0 Å². The highest BCUT2D eigenvalue weighted by atomic mass is 35.5. The van der Waals surface area contributed by atoms with Crippen LogP contribution in [-0.2, 0) is 14.4 Å². The lowest BCUT2D eigenvalue weighted by Crippen LogP contribution is -2.40. The zero-order chi connectivity index (χ0) is 17.1. The lowest BCUT2D eigenvalue weighted by Gasteiger charge is -2.33. The Hall–Kier alpha value is -1.60. The molecule has 23 heavy (non-hydrogen) atoms. The largest absolute Gasteiger partial charge is 0.473 e. The molecule has 3 aliphatic rings. The molecule has 1 saturated heterocycles. The zero-order valence-corrected chi connectivity index (χ0v) is 13.9. The summed E-state index contributed by atoms with van der Waals surface area (Å²) in [6, 6.07) is 1.11. The molecule has 0 aromatic carbocycles. The number of carbonyl (C=O) groups is 2. The van der Waals surface area contributed by atoms with Crippen LogP contribution in [0.4, 0.5) is 0 Å². The van der Waals surface area contributed by atoms with Gasteiger partial charge in [-0.1, -0.05) is 16.8 Å². The third-order valence-electron chi connectivity index (χ3n) is 4.49. The van der Waals surface area contributed by atoms with E-state index in [9.17, 15) is 0 Å². The van der Waals surface area contributed by atoms with Crippen molar-refractivity contribution in [1.29, 1.82) is 0 Å². The van der Waals surface area contributed by atoms with E-state index in [-0.39, 0.29) is 0 Å². The molecule has 2 fully saturated rings. The Morgan fingerprint density at radius 3 is 2.30 bits per heavy atom. The number of hydrogen-bond donors (Lipinski definition) is 2. The average Bonchev–Trinajstić information content (AvgIpc) is 3.28. The molecule has 3 rings (SSSR count). The number of rotatable bonds is 3. The van der Waals surface area contributed by atoms with Gasteiger partial charge in [0.1, 0.15) is 7.11 Å². The van der Waals surface area contributed by atoms with Crippen molar-refractivity contribution in [1.82, 2.24) is 4.90 Å². The van der Waals surface area contributed by atoms with E-state index in [0.717, 1.165) is 17.2 Å². The quantitative estimate of drug-likeness (QED) is 0.461. The van der Waals surface area contributed by atoms with Crippen LogP contribution in [-0.4, -0.2) is 59.0 Å². The molecule has 0 spiro atoms. The van der Waals surface area contributed by atoms with Crippen molar-refractivity contribution in [3.8, 4) is 0 Å². The number of likely N-dealkylation sites (N-methyl/N-ethyl adjacent to an activating group) is 1. The van der Waals surface area contributed by atoms with E-state index < -0.39 is 11.9 Å². The predicted octanol–water partition coefficient (Wildman–Crippen LogP) is 1.91. The van der Waals surface area contributed by atoms with E-state index >= 15 is 0 Å². The molecule has 1 aliphatic carbocycles. The topological polar surface area (TPSA) is 99.4 Å². The standard InChI is InChI=1S/C13H19ClN2O.C2H2O4/c1-16-9-5-6-11(16)12(10(14)7-9)13(15-17-2)8-3-4-8;3-1(4)2(5)6/h8-9,11H,3-7H2,1-2H3;(H,3,4)(H,5,6). The maximum Gasteiger partial charge on any atom is 0.414 e. The summed E-state index contributed by atoms with van der Waals surface area (Å²) >= 11 is 6.50. The molecule has 0 amide bonds. The molecule has 2 bridgehead atoms. The maximum atomic E-state index is 9.10. The minimum Gasteiger partial charge on any atom is -0.473 e. The van der Waals surface area contributed by atoms with Crippen molar-refractivity contribution >= 4 is 29.3 Å². The second-order valence-corrected chi connectivity index (χ2v) is 6.44. The molecule has 1 saturated carbocycles. The Bertz CT molecular complexity index is 544. The fourth-order valence-corrected chi connectivity index (χ4v) is 3.61. The molecule has 0 radical (unpaired) electrons. The van der Waals surface area contributed by atoms with Crippen LogP contribution < -0.4 is 0 Å². The summed E-state index contributed by atoms with van der Waals surface area (Å²) in [4.78, 5) is 25.7. The Labute approximate surface area is 139 Å². The fraction of sp³-hybridized carbons (Fsp3) is 0.667. The molecule has 8 heteroatoms. The Morgan fingerprint density at radius 2 is 1.83 bits per heavy atom. The van der Waals surface area contributed by atoms with Crippen LogP contribution in [0.3, 0.4) is 0 Å². The van der Waals surface area contributed by atoms with Gasteiger partial charge >= 0.3 is 11.9 Å². The molecule has 2 N–H and O–H groups in total. The Morgan fingerprint density at radius 1 is 1.22 bits per heavy atom. The first-order valence-electron chi connectivity index (χ1n) is 7.54. The van der Waals surface area contributed by atoms with Crippen molar-refractivity contribution in [3.05, 3.63) is 10.6 Å². The smallest absolute Gasteiger partial charge is 0.414 e. The second-order valence-electron chi connectivity index (χ2n) is 5.98. The van der Waals surface area contributed by atoms with Gasteiger partial charge in [-0.05, 0) is 39.2 Å². The van der Waals surface area contributed by atoms with E-state index in [1.54, 1.807) is 7.11 Å². The molecule has 7 nitrogen and oxygen atoms in total. The molecule has 2 heterocycles. The maximum absolute atomic E-state index is 9.10. The van der Waals surface area contributed by atoms with Crippen molar-refractivity contribution in [2.75, 3.05) is 14.2 Å². The normalized spacial score (nSPS) is 27.3. The summed E-state index contributed by atoms with van der Waals surface area (Å²) in [5, 5.41) is 20.1. The summed E-state index contributed by atoms with van der Waals surface area (Å²) in [6.45, 7) is 0. The van der Waals surface area contributed by atoms with Crippen LogP contribution in [0, 0.1) is 5.92 Å². The molecule has 0 aromatic rings. The van der Waals surface area contributed by atoms with Crippen molar-refractivity contribution in [2.24, 2.45) is 11.1 Å². The highest BCUT2D eigenvalue weighted by Crippen LogP contribution is 2.44. The summed E-state index contributed by atoms with van der Waals surface area (Å²) in [5.41, 5.74) is 2.39. The fourth-order valence-electron chi connectivity index (χ4n) is 3.21. The number of fused-ring (bicyclic) bond motifs is 2. The lowest BCUT2D eigenvalue weighted by molar-refractivity contribution is -0.159. The van der Waals surface area contributed by atoms with Crippen molar-refractivity contribution < 1.29 is 24.6 Å². The Kier molecular flexibility index (Phi) is 5.64. The summed E-state index contributed by atoms with van der Waals surface area (Å²) in [6.07, 6.45) is 5.92. The first-order chi connectivity index (χ1) is 10.9. The number of oxime groups is 1. The third kappa shape index (κ3) is 4.03. The number of hydrogen-bond acceptors (Lipinski definition) is 5. The number of carboxylic acids is 2. The average molecular weight is 345 g/mol. The van der Waals surface area contributed by atoms with E-state index in [0.29, 0.717) is 18.0 Å². The minimum atomic E-state index is -1.82. The monoisotopic (exact) mass is 344 g/mol. The van der Waals surface area contributed by atoms with Gasteiger partial charge in [0, 0.05) is 28.6 Å². The van der Waals surface area contributed by atoms with E-state index in [4.69, 9.17) is 36.2 Å². The molecule has 2 aliphatic heterocycles. The van der Waals surface area contributed by atoms with Gasteiger partial charge < -0.3 is 15.1 Å². The molecule has 2 unspecified atom stereocenters. The van der Waals surface area contributed by atoms with Crippen LogP contribution in [0.15, 0.2) is 15.8 Å². The van der Waals surface area contributed by atoms with Gasteiger partial charge in [0.05, 0.1) is 5.71 Å². The number of nitrogens with zero attached hydrogens (tertiary/aromatic N) is 2. The van der Waals surface area contributed by atoms with Gasteiger partial charge in [-0.15, -0.1) is 0 Å². The highest BCUT2D eigenvalue weighted by Gasteiger charge is 2.43. The van der Waals surface area contributed by atoms with Gasteiger partial charge in [0.2, 0.25) is 0 Å². The van der Waals surface area contributed by atoms with E-state index in [2.05, 4.69) is 17.1 Å². The predicted molar refractivity (Wildman–Crippen MR) is 84.5 cm³/mol. The Balaban J connectivity index is 0.000000277. The van der Waals surface area contributed by atoms with Crippen LogP contribution in [0.25, 0.3) is 0 Å². The summed E-state index contributed by atoms with van der Waals surface area (Å²) in [5.74, 6) is -3.06. The van der Waals surface area contributed by atoms with E-state index in [1.807, 2.05) is 0 Å². The SMILES string of the molecule is CON=C(C1=C(Cl)CC2CCC1N2C)C1CC1.O=C(O)C(=O)O. The van der Waals surface area contributed by atoms with Gasteiger partial charge in [-0.3, -0.25) is 4.90 Å². The molecule has 128 valence electrons. The molecule has 2 atom stereocenters. The van der Waals surface area contributed by atoms with Gasteiger partial charge in [0.15, 0.2) is 0 Å². The highest BCUT2D eigenvalue weighted by molar-refractivity contribution is 6.32. The van der Waals surface area contributed by atoms with Crippen LogP contribution in [0.5, 0.6) is 0 Å². The van der Waals surface area contributed by atoms with Crippen molar-refractivity contribution in [3.63, 3.8) is 0 Å². The third-order valence-corrected chi connectivity index (χ3v) is 4.85. The van der Waals surface area contributed by atoms with Crippen LogP contribution in [0.1, 0.15) is 32.1 Å². The van der Waals surface area contributed by atoms with Crippen LogP contribution >= 0.6 is 11.6 Å². The first kappa shape index (κ1) is 17.7. The van der Waals surface area contributed by atoms with E-state index in [1.165, 1.54) is 31.3 Å². The lowest BCUT2D eigenvalue weighted by atomic mass is 9.94. The second kappa shape index (κ2) is 7.31. The van der Waals surface area contributed by atoms with Crippen LogP contribution in [0.2, 0.25) is 0 Å².